The predicted molar refractivity (Wildman–Crippen MR) is 83.3 cm³/mol. The van der Waals surface area contributed by atoms with Crippen molar-refractivity contribution in [1.29, 1.82) is 0 Å². The van der Waals surface area contributed by atoms with E-state index in [-0.39, 0.29) is 5.82 Å². The third-order valence-corrected chi connectivity index (χ3v) is 5.19. The Balaban J connectivity index is 1.65. The van der Waals surface area contributed by atoms with Crippen LogP contribution in [0.3, 0.4) is 0 Å². The van der Waals surface area contributed by atoms with Crippen LogP contribution in [0.25, 0.3) is 0 Å². The van der Waals surface area contributed by atoms with E-state index in [1.165, 1.54) is 19.4 Å². The lowest BCUT2D eigenvalue weighted by Crippen LogP contribution is -2.53. The van der Waals surface area contributed by atoms with Gasteiger partial charge in [0.15, 0.2) is 0 Å². The normalized spacial score (nSPS) is 22.1. The summed E-state index contributed by atoms with van der Waals surface area (Å²) in [5.41, 5.74) is 1.09. The highest BCUT2D eigenvalue weighted by molar-refractivity contribution is 5.48. The SMILES string of the molecule is COCCN1CCCC12CCN(c1ccccc1F)CC2. The van der Waals surface area contributed by atoms with E-state index >= 15 is 0 Å². The van der Waals surface area contributed by atoms with Gasteiger partial charge in [0.05, 0.1) is 12.3 Å². The highest BCUT2D eigenvalue weighted by atomic mass is 19.1. The molecule has 2 aliphatic rings. The molecule has 0 N–H and O–H groups in total. The summed E-state index contributed by atoms with van der Waals surface area (Å²) in [5, 5.41) is 0. The molecule has 3 nitrogen and oxygen atoms in total. The molecule has 0 bridgehead atoms. The molecule has 1 aromatic carbocycles. The Morgan fingerprint density at radius 3 is 2.62 bits per heavy atom. The van der Waals surface area contributed by atoms with Crippen molar-refractivity contribution in [2.45, 2.75) is 31.2 Å². The van der Waals surface area contributed by atoms with E-state index in [1.54, 1.807) is 19.2 Å². The van der Waals surface area contributed by atoms with Gasteiger partial charge in [-0.05, 0) is 44.4 Å². The van der Waals surface area contributed by atoms with Gasteiger partial charge in [0.25, 0.3) is 0 Å². The minimum Gasteiger partial charge on any atom is -0.383 e. The highest BCUT2D eigenvalue weighted by Gasteiger charge is 2.42. The fourth-order valence-corrected chi connectivity index (χ4v) is 3.98. The maximum absolute atomic E-state index is 13.9. The van der Waals surface area contributed by atoms with E-state index < -0.39 is 0 Å². The topological polar surface area (TPSA) is 15.7 Å². The van der Waals surface area contributed by atoms with Crippen molar-refractivity contribution in [3.05, 3.63) is 30.1 Å². The molecule has 2 saturated heterocycles. The van der Waals surface area contributed by atoms with Gasteiger partial charge in [-0.2, -0.15) is 0 Å². The van der Waals surface area contributed by atoms with Crippen molar-refractivity contribution >= 4 is 5.69 Å². The van der Waals surface area contributed by atoms with E-state index in [2.05, 4.69) is 9.80 Å². The maximum atomic E-state index is 13.9. The van der Waals surface area contributed by atoms with Crippen LogP contribution in [0.2, 0.25) is 0 Å². The molecular weight excluding hydrogens is 267 g/mol. The summed E-state index contributed by atoms with van der Waals surface area (Å²) < 4.78 is 19.2. The van der Waals surface area contributed by atoms with Gasteiger partial charge in [-0.3, -0.25) is 4.90 Å². The van der Waals surface area contributed by atoms with E-state index in [1.807, 2.05) is 12.1 Å². The average molecular weight is 292 g/mol. The molecule has 21 heavy (non-hydrogen) atoms. The fourth-order valence-electron chi connectivity index (χ4n) is 3.98. The van der Waals surface area contributed by atoms with Crippen molar-refractivity contribution in [3.63, 3.8) is 0 Å². The second-order valence-corrected chi connectivity index (χ2v) is 6.25. The van der Waals surface area contributed by atoms with Gasteiger partial charge in [-0.1, -0.05) is 12.1 Å². The summed E-state index contributed by atoms with van der Waals surface area (Å²) in [6.45, 7) is 4.91. The number of nitrogens with zero attached hydrogens (tertiary/aromatic N) is 2. The van der Waals surface area contributed by atoms with Crippen LogP contribution in [0.5, 0.6) is 0 Å². The molecule has 4 heteroatoms. The molecule has 2 aliphatic heterocycles. The van der Waals surface area contributed by atoms with Crippen molar-refractivity contribution < 1.29 is 9.13 Å². The Hall–Kier alpha value is -1.13. The van der Waals surface area contributed by atoms with Gasteiger partial charge in [-0.25, -0.2) is 4.39 Å². The lowest BCUT2D eigenvalue weighted by molar-refractivity contribution is 0.0719. The molecule has 0 saturated carbocycles. The third kappa shape index (κ3) is 2.92. The number of hydrogen-bond donors (Lipinski definition) is 0. The van der Waals surface area contributed by atoms with Crippen molar-refractivity contribution in [3.8, 4) is 0 Å². The van der Waals surface area contributed by atoms with E-state index in [0.717, 1.165) is 44.8 Å². The number of rotatable bonds is 4. The number of anilines is 1. The molecule has 0 amide bonds. The zero-order chi connectivity index (χ0) is 14.7. The smallest absolute Gasteiger partial charge is 0.146 e. The van der Waals surface area contributed by atoms with E-state index in [4.69, 9.17) is 4.74 Å². The largest absolute Gasteiger partial charge is 0.383 e. The molecule has 0 unspecified atom stereocenters. The first-order valence-corrected chi connectivity index (χ1v) is 7.99. The van der Waals surface area contributed by atoms with Crippen LogP contribution in [0.1, 0.15) is 25.7 Å². The minimum atomic E-state index is -0.101. The van der Waals surface area contributed by atoms with Crippen molar-refractivity contribution in [2.75, 3.05) is 44.8 Å². The Morgan fingerprint density at radius 1 is 1.14 bits per heavy atom. The molecule has 0 radical (unpaired) electrons. The first-order valence-electron chi connectivity index (χ1n) is 7.99. The summed E-state index contributed by atoms with van der Waals surface area (Å²) in [5.74, 6) is -0.101. The van der Waals surface area contributed by atoms with Crippen molar-refractivity contribution in [2.24, 2.45) is 0 Å². The van der Waals surface area contributed by atoms with E-state index in [9.17, 15) is 4.39 Å². The molecule has 1 spiro atoms. The summed E-state index contributed by atoms with van der Waals surface area (Å²) in [6.07, 6.45) is 4.82. The first kappa shape index (κ1) is 14.8. The lowest BCUT2D eigenvalue weighted by atomic mass is 9.84. The number of halogens is 1. The Kier molecular flexibility index (Phi) is 4.45. The summed E-state index contributed by atoms with van der Waals surface area (Å²) in [7, 11) is 1.77. The Bertz CT molecular complexity index is 472. The number of likely N-dealkylation sites (tertiary alicyclic amines) is 1. The molecular formula is C17H25FN2O. The second kappa shape index (κ2) is 6.32. The van der Waals surface area contributed by atoms with Crippen LogP contribution in [-0.4, -0.2) is 50.3 Å². The molecule has 1 aromatic rings. The lowest BCUT2D eigenvalue weighted by Gasteiger charge is -2.45. The number of piperidine rings is 1. The molecule has 2 fully saturated rings. The number of benzene rings is 1. The van der Waals surface area contributed by atoms with E-state index in [0.29, 0.717) is 5.54 Å². The van der Waals surface area contributed by atoms with Gasteiger partial charge in [0.2, 0.25) is 0 Å². The molecule has 0 atom stereocenters. The number of para-hydroxylation sites is 1. The summed E-state index contributed by atoms with van der Waals surface area (Å²) in [6, 6.07) is 7.13. The third-order valence-electron chi connectivity index (χ3n) is 5.19. The number of methoxy groups -OCH3 is 1. The molecule has 0 aromatic heterocycles. The van der Waals surface area contributed by atoms with Crippen molar-refractivity contribution in [1.82, 2.24) is 4.90 Å². The van der Waals surface area contributed by atoms with Gasteiger partial charge in [0.1, 0.15) is 5.82 Å². The minimum absolute atomic E-state index is 0.101. The summed E-state index contributed by atoms with van der Waals surface area (Å²) in [4.78, 5) is 4.81. The highest BCUT2D eigenvalue weighted by Crippen LogP contribution is 2.39. The maximum Gasteiger partial charge on any atom is 0.146 e. The second-order valence-electron chi connectivity index (χ2n) is 6.25. The number of hydrogen-bond acceptors (Lipinski definition) is 3. The van der Waals surface area contributed by atoms with Crippen LogP contribution >= 0.6 is 0 Å². The molecule has 2 heterocycles. The fraction of sp³-hybridized carbons (Fsp3) is 0.647. The van der Waals surface area contributed by atoms with Gasteiger partial charge < -0.3 is 9.64 Å². The standard InChI is InChI=1S/C17H25FN2O/c1-21-14-13-20-10-4-7-17(20)8-11-19(12-9-17)16-6-3-2-5-15(16)18/h2-3,5-6H,4,7-14H2,1H3. The van der Waals surface area contributed by atoms with Crippen LogP contribution in [0, 0.1) is 5.82 Å². The quantitative estimate of drug-likeness (QED) is 0.848. The molecule has 3 rings (SSSR count). The molecule has 116 valence electrons. The predicted octanol–water partition coefficient (Wildman–Crippen LogP) is 2.91. The zero-order valence-electron chi connectivity index (χ0n) is 12.9. The van der Waals surface area contributed by atoms with Gasteiger partial charge >= 0.3 is 0 Å². The van der Waals surface area contributed by atoms with Crippen LogP contribution in [0.4, 0.5) is 10.1 Å². The Morgan fingerprint density at radius 2 is 1.90 bits per heavy atom. The zero-order valence-corrected chi connectivity index (χ0v) is 12.9. The average Bonchev–Trinajstić information content (AvgIpc) is 2.89. The van der Waals surface area contributed by atoms with Crippen LogP contribution in [0.15, 0.2) is 24.3 Å². The Labute approximate surface area is 126 Å². The van der Waals surface area contributed by atoms with Gasteiger partial charge in [0, 0.05) is 32.3 Å². The number of ether oxygens (including phenoxy) is 1. The van der Waals surface area contributed by atoms with Crippen LogP contribution in [-0.2, 0) is 4.74 Å². The molecule has 0 aliphatic carbocycles. The summed E-state index contributed by atoms with van der Waals surface area (Å²) >= 11 is 0. The first-order chi connectivity index (χ1) is 10.2. The van der Waals surface area contributed by atoms with Gasteiger partial charge in [-0.15, -0.1) is 0 Å². The van der Waals surface area contributed by atoms with Crippen LogP contribution < -0.4 is 4.90 Å². The monoisotopic (exact) mass is 292 g/mol.